The molecule has 3 rings (SSSR count). The molecular weight excluding hydrogens is 328 g/mol. The van der Waals surface area contributed by atoms with Gasteiger partial charge in [0, 0.05) is 15.6 Å². The van der Waals surface area contributed by atoms with Gasteiger partial charge >= 0.3 is 0 Å². The van der Waals surface area contributed by atoms with E-state index in [4.69, 9.17) is 0 Å². The molecule has 0 fully saturated rings. The smallest absolute Gasteiger partial charge is 0.263 e. The quantitative estimate of drug-likeness (QED) is 0.758. The minimum absolute atomic E-state index is 0.269. The van der Waals surface area contributed by atoms with Crippen LogP contribution in [-0.4, -0.2) is 5.91 Å². The number of benzene rings is 2. The summed E-state index contributed by atoms with van der Waals surface area (Å²) in [5, 5.41) is 0. The van der Waals surface area contributed by atoms with Crippen molar-refractivity contribution in [1.29, 1.82) is 0 Å². The molecule has 1 amide bonds. The zero-order chi connectivity index (χ0) is 14.4. The Bertz CT molecular complexity index is 699. The first-order valence-electron chi connectivity index (χ1n) is 5.78. The van der Waals surface area contributed by atoms with E-state index in [1.807, 2.05) is 0 Å². The van der Waals surface area contributed by atoms with Crippen LogP contribution in [0.4, 0.5) is 14.5 Å². The van der Waals surface area contributed by atoms with Gasteiger partial charge in [0.2, 0.25) is 0 Å². The molecule has 0 bridgehead atoms. The lowest BCUT2D eigenvalue weighted by molar-refractivity contribution is 0.100. The van der Waals surface area contributed by atoms with Crippen LogP contribution in [0.25, 0.3) is 5.70 Å². The molecule has 0 N–H and O–H groups in total. The fourth-order valence-corrected chi connectivity index (χ4v) is 2.67. The van der Waals surface area contributed by atoms with E-state index < -0.39 is 23.2 Å². The average Bonchev–Trinajstić information content (AvgIpc) is 2.64. The van der Waals surface area contributed by atoms with Crippen LogP contribution in [0, 0.1) is 11.6 Å². The number of halogens is 3. The van der Waals surface area contributed by atoms with E-state index in [1.54, 1.807) is 24.3 Å². The van der Waals surface area contributed by atoms with Gasteiger partial charge in [0.1, 0.15) is 5.69 Å². The molecule has 2 aromatic carbocycles. The van der Waals surface area contributed by atoms with Crippen molar-refractivity contribution < 1.29 is 13.6 Å². The van der Waals surface area contributed by atoms with Crippen molar-refractivity contribution >= 4 is 33.2 Å². The van der Waals surface area contributed by atoms with Gasteiger partial charge in [-0.1, -0.05) is 40.7 Å². The average molecular weight is 336 g/mol. The molecule has 1 heterocycles. The summed E-state index contributed by atoms with van der Waals surface area (Å²) in [6, 6.07) is 8.97. The fourth-order valence-electron chi connectivity index (χ4n) is 2.27. The van der Waals surface area contributed by atoms with Gasteiger partial charge in [-0.3, -0.25) is 9.69 Å². The molecule has 0 saturated carbocycles. The topological polar surface area (TPSA) is 20.3 Å². The van der Waals surface area contributed by atoms with Crippen molar-refractivity contribution in [3.8, 4) is 0 Å². The van der Waals surface area contributed by atoms with Gasteiger partial charge in [0.15, 0.2) is 11.6 Å². The Hall–Kier alpha value is -2.01. The Kier molecular flexibility index (Phi) is 2.94. The van der Waals surface area contributed by atoms with E-state index >= 15 is 0 Å². The van der Waals surface area contributed by atoms with Crippen LogP contribution in [0.5, 0.6) is 0 Å². The summed E-state index contributed by atoms with van der Waals surface area (Å²) in [4.78, 5) is 13.3. The molecular formula is C15H8BrF2NO. The Morgan fingerprint density at radius 2 is 1.60 bits per heavy atom. The van der Waals surface area contributed by atoms with Crippen LogP contribution in [0.15, 0.2) is 47.4 Å². The van der Waals surface area contributed by atoms with Gasteiger partial charge in [-0.2, -0.15) is 0 Å². The van der Waals surface area contributed by atoms with Gasteiger partial charge in [-0.15, -0.1) is 0 Å². The molecule has 0 aliphatic carbocycles. The van der Waals surface area contributed by atoms with Gasteiger partial charge in [-0.05, 0) is 18.2 Å². The molecule has 0 atom stereocenters. The molecule has 0 saturated heterocycles. The summed E-state index contributed by atoms with van der Waals surface area (Å²) in [5.74, 6) is -2.12. The maximum Gasteiger partial charge on any atom is 0.263 e. The van der Waals surface area contributed by atoms with Crippen molar-refractivity contribution in [2.75, 3.05) is 4.90 Å². The summed E-state index contributed by atoms with van der Waals surface area (Å²) >= 11 is 3.01. The molecule has 1 aliphatic heterocycles. The van der Waals surface area contributed by atoms with Crippen LogP contribution >= 0.6 is 15.9 Å². The first-order chi connectivity index (χ1) is 9.50. The summed E-state index contributed by atoms with van der Waals surface area (Å²) in [6.45, 7) is 3.77. The monoisotopic (exact) mass is 335 g/mol. The number of carbonyl (C=O) groups excluding carboxylic acids is 1. The van der Waals surface area contributed by atoms with E-state index in [9.17, 15) is 13.6 Å². The second-order valence-corrected chi connectivity index (χ2v) is 5.27. The van der Waals surface area contributed by atoms with E-state index in [0.29, 0.717) is 11.1 Å². The molecule has 2 aromatic rings. The largest absolute Gasteiger partial charge is 0.271 e. The third-order valence-corrected chi connectivity index (χ3v) is 3.60. The van der Waals surface area contributed by atoms with Crippen LogP contribution in [-0.2, 0) is 0 Å². The SMILES string of the molecule is C=C1c2ccccc2C(=O)N1c1c(F)cc(Br)cc1F. The lowest BCUT2D eigenvalue weighted by Crippen LogP contribution is -2.24. The van der Waals surface area contributed by atoms with E-state index in [2.05, 4.69) is 22.5 Å². The third-order valence-electron chi connectivity index (χ3n) is 3.15. The fraction of sp³-hybridized carbons (Fsp3) is 0. The molecule has 0 aromatic heterocycles. The Morgan fingerprint density at radius 1 is 1.05 bits per heavy atom. The number of nitrogens with zero attached hydrogens (tertiary/aromatic N) is 1. The zero-order valence-electron chi connectivity index (χ0n) is 10.2. The van der Waals surface area contributed by atoms with Crippen molar-refractivity contribution in [1.82, 2.24) is 0 Å². The van der Waals surface area contributed by atoms with Crippen LogP contribution in [0.3, 0.4) is 0 Å². The summed E-state index contributed by atoms with van der Waals surface area (Å²) in [5.41, 5.74) is 0.837. The van der Waals surface area contributed by atoms with Crippen LogP contribution < -0.4 is 4.90 Å². The maximum atomic E-state index is 14.0. The van der Waals surface area contributed by atoms with Gasteiger partial charge in [0.25, 0.3) is 5.91 Å². The van der Waals surface area contributed by atoms with E-state index in [-0.39, 0.29) is 10.2 Å². The van der Waals surface area contributed by atoms with Crippen LogP contribution in [0.2, 0.25) is 0 Å². The number of hydrogen-bond donors (Lipinski definition) is 0. The lowest BCUT2D eigenvalue weighted by Gasteiger charge is -2.19. The second-order valence-electron chi connectivity index (χ2n) is 4.35. The molecule has 100 valence electrons. The van der Waals surface area contributed by atoms with Gasteiger partial charge < -0.3 is 0 Å². The molecule has 1 aliphatic rings. The Balaban J connectivity index is 2.19. The number of anilines is 1. The van der Waals surface area contributed by atoms with Gasteiger partial charge in [-0.25, -0.2) is 8.78 Å². The van der Waals surface area contributed by atoms with Crippen molar-refractivity contribution in [2.24, 2.45) is 0 Å². The highest BCUT2D eigenvalue weighted by atomic mass is 79.9. The second kappa shape index (κ2) is 4.52. The molecule has 0 spiro atoms. The number of rotatable bonds is 1. The maximum absolute atomic E-state index is 14.0. The van der Waals surface area contributed by atoms with E-state index in [1.165, 1.54) is 0 Å². The Morgan fingerprint density at radius 3 is 2.15 bits per heavy atom. The standard InChI is InChI=1S/C15H8BrF2NO/c1-8-10-4-2-3-5-11(10)15(20)19(8)14-12(17)6-9(16)7-13(14)18/h2-7H,1H2. The molecule has 2 nitrogen and oxygen atoms in total. The number of carbonyl (C=O) groups is 1. The summed E-state index contributed by atoms with van der Waals surface area (Å²) in [7, 11) is 0. The van der Waals surface area contributed by atoms with Crippen molar-refractivity contribution in [2.45, 2.75) is 0 Å². The highest BCUT2D eigenvalue weighted by Crippen LogP contribution is 2.38. The molecule has 0 radical (unpaired) electrons. The Labute approximate surface area is 122 Å². The van der Waals surface area contributed by atoms with Crippen molar-refractivity contribution in [3.63, 3.8) is 0 Å². The third kappa shape index (κ3) is 1.78. The first kappa shape index (κ1) is 13.0. The van der Waals surface area contributed by atoms with Crippen LogP contribution in [0.1, 0.15) is 15.9 Å². The summed E-state index contributed by atoms with van der Waals surface area (Å²) < 4.78 is 28.3. The normalized spacial score (nSPS) is 13.8. The highest BCUT2D eigenvalue weighted by Gasteiger charge is 2.35. The molecule has 5 heteroatoms. The lowest BCUT2D eigenvalue weighted by atomic mass is 10.1. The summed E-state index contributed by atoms with van der Waals surface area (Å²) in [6.07, 6.45) is 0. The molecule has 20 heavy (non-hydrogen) atoms. The highest BCUT2D eigenvalue weighted by molar-refractivity contribution is 9.10. The molecule has 0 unspecified atom stereocenters. The first-order valence-corrected chi connectivity index (χ1v) is 6.57. The van der Waals surface area contributed by atoms with Crippen molar-refractivity contribution in [3.05, 3.63) is 70.2 Å². The predicted octanol–water partition coefficient (Wildman–Crippen LogP) is 4.36. The number of hydrogen-bond acceptors (Lipinski definition) is 1. The zero-order valence-corrected chi connectivity index (χ0v) is 11.7. The van der Waals surface area contributed by atoms with Gasteiger partial charge in [0.05, 0.1) is 5.70 Å². The minimum atomic E-state index is -0.820. The number of fused-ring (bicyclic) bond motifs is 1. The predicted molar refractivity (Wildman–Crippen MR) is 76.3 cm³/mol. The minimum Gasteiger partial charge on any atom is -0.271 e. The number of amides is 1. The van der Waals surface area contributed by atoms with E-state index in [0.717, 1.165) is 17.0 Å².